The largest absolute Gasteiger partial charge is 0.490 e. The first-order valence-corrected chi connectivity index (χ1v) is 10.7. The minimum Gasteiger partial charge on any atom is -0.490 e. The molecule has 2 aromatic rings. The van der Waals surface area contributed by atoms with Crippen LogP contribution in [-0.2, 0) is 10.2 Å². The number of rotatable bonds is 8. The molecule has 1 N–H and O–H groups in total. The lowest BCUT2D eigenvalue weighted by Crippen LogP contribution is -2.20. The number of ether oxygens (including phenoxy) is 2. The molecule has 5 heteroatoms. The van der Waals surface area contributed by atoms with Gasteiger partial charge in [0.2, 0.25) is 5.91 Å². The summed E-state index contributed by atoms with van der Waals surface area (Å²) in [6.07, 6.45) is 2.50. The van der Waals surface area contributed by atoms with Crippen LogP contribution >= 0.6 is 0 Å². The normalized spacial score (nSPS) is 18.3. The highest BCUT2D eigenvalue weighted by Crippen LogP contribution is 2.47. The van der Waals surface area contributed by atoms with Crippen molar-refractivity contribution in [3.05, 3.63) is 59.2 Å². The van der Waals surface area contributed by atoms with E-state index in [1.807, 2.05) is 32.0 Å². The van der Waals surface area contributed by atoms with Gasteiger partial charge in [0.1, 0.15) is 0 Å². The number of hydrogen-bond donors (Lipinski definition) is 1. The molecule has 30 heavy (non-hydrogen) atoms. The number of carbonyl (C=O) groups is 1. The fourth-order valence-corrected chi connectivity index (χ4v) is 3.48. The van der Waals surface area contributed by atoms with Crippen molar-refractivity contribution in [2.24, 2.45) is 11.0 Å². The van der Waals surface area contributed by atoms with Crippen molar-refractivity contribution in [3.63, 3.8) is 0 Å². The molecule has 2 atom stereocenters. The van der Waals surface area contributed by atoms with E-state index in [1.165, 1.54) is 11.1 Å². The lowest BCUT2D eigenvalue weighted by molar-refractivity contribution is -0.122. The highest BCUT2D eigenvalue weighted by Gasteiger charge is 2.44. The summed E-state index contributed by atoms with van der Waals surface area (Å²) < 4.78 is 11.2. The average Bonchev–Trinajstić information content (AvgIpc) is 3.51. The van der Waals surface area contributed by atoms with Crippen LogP contribution < -0.4 is 14.9 Å². The lowest BCUT2D eigenvalue weighted by atomic mass is 9.86. The number of nitrogens with one attached hydrogen (secondary N) is 1. The average molecular weight is 409 g/mol. The van der Waals surface area contributed by atoms with Gasteiger partial charge in [-0.25, -0.2) is 5.43 Å². The molecule has 0 aromatic heterocycles. The predicted molar refractivity (Wildman–Crippen MR) is 121 cm³/mol. The Hall–Kier alpha value is -2.82. The zero-order valence-corrected chi connectivity index (χ0v) is 18.6. The van der Waals surface area contributed by atoms with Crippen LogP contribution in [0.2, 0.25) is 0 Å². The van der Waals surface area contributed by atoms with Crippen molar-refractivity contribution < 1.29 is 14.3 Å². The quantitative estimate of drug-likeness (QED) is 0.492. The van der Waals surface area contributed by atoms with Gasteiger partial charge in [-0.15, -0.1) is 0 Å². The van der Waals surface area contributed by atoms with Crippen LogP contribution in [0, 0.1) is 5.92 Å². The Labute approximate surface area is 179 Å². The maximum absolute atomic E-state index is 12.4. The van der Waals surface area contributed by atoms with Gasteiger partial charge in [-0.2, -0.15) is 5.10 Å². The summed E-state index contributed by atoms with van der Waals surface area (Å²) in [6, 6.07) is 14.2. The van der Waals surface area contributed by atoms with E-state index in [2.05, 4.69) is 55.6 Å². The lowest BCUT2D eigenvalue weighted by Gasteiger charge is -2.19. The minimum atomic E-state index is -0.0351. The molecule has 0 heterocycles. The molecule has 0 bridgehead atoms. The van der Waals surface area contributed by atoms with Gasteiger partial charge in [-0.1, -0.05) is 45.0 Å². The Morgan fingerprint density at radius 1 is 1.07 bits per heavy atom. The van der Waals surface area contributed by atoms with Crippen LogP contribution in [0.3, 0.4) is 0 Å². The standard InChI is InChI=1S/C25H32N2O3/c1-6-29-22-13-8-17(14-23(22)30-7-2)16-26-27-24(28)21-15-20(21)18-9-11-19(12-10-18)25(3,4)5/h8-14,16,20-21H,6-7,15H2,1-5H3,(H,27,28)/b26-16+/t20-,21-/m0/s1. The van der Waals surface area contributed by atoms with Crippen molar-refractivity contribution in [1.29, 1.82) is 0 Å². The van der Waals surface area contributed by atoms with Crippen LogP contribution in [0.4, 0.5) is 0 Å². The van der Waals surface area contributed by atoms with E-state index in [-0.39, 0.29) is 23.2 Å². The minimum absolute atomic E-state index is 0.0121. The zero-order chi connectivity index (χ0) is 21.7. The third-order valence-electron chi connectivity index (χ3n) is 5.29. The van der Waals surface area contributed by atoms with Crippen LogP contribution in [0.15, 0.2) is 47.6 Å². The first-order chi connectivity index (χ1) is 14.3. The predicted octanol–water partition coefficient (Wildman–Crippen LogP) is 5.04. The Morgan fingerprint density at radius 3 is 2.37 bits per heavy atom. The second kappa shape index (κ2) is 9.33. The molecule has 1 fully saturated rings. The number of amides is 1. The van der Waals surface area contributed by atoms with E-state index in [9.17, 15) is 4.79 Å². The molecule has 1 aliphatic rings. The molecular formula is C25H32N2O3. The van der Waals surface area contributed by atoms with E-state index >= 15 is 0 Å². The molecule has 5 nitrogen and oxygen atoms in total. The van der Waals surface area contributed by atoms with Crippen molar-refractivity contribution in [3.8, 4) is 11.5 Å². The first kappa shape index (κ1) is 21.9. The molecule has 0 unspecified atom stereocenters. The van der Waals surface area contributed by atoms with E-state index in [1.54, 1.807) is 6.21 Å². The van der Waals surface area contributed by atoms with Crippen molar-refractivity contribution in [2.75, 3.05) is 13.2 Å². The third kappa shape index (κ3) is 5.41. The summed E-state index contributed by atoms with van der Waals surface area (Å²) in [5.74, 6) is 1.62. The molecular weight excluding hydrogens is 376 g/mol. The number of nitrogens with zero attached hydrogens (tertiary/aromatic N) is 1. The van der Waals surface area contributed by atoms with Gasteiger partial charge in [-0.3, -0.25) is 4.79 Å². The summed E-state index contributed by atoms with van der Waals surface area (Å²) in [5, 5.41) is 4.13. The third-order valence-corrected chi connectivity index (χ3v) is 5.29. The van der Waals surface area contributed by atoms with Gasteiger partial charge in [0.05, 0.1) is 19.4 Å². The fourth-order valence-electron chi connectivity index (χ4n) is 3.48. The Morgan fingerprint density at radius 2 is 1.73 bits per heavy atom. The van der Waals surface area contributed by atoms with E-state index in [0.717, 1.165) is 12.0 Å². The number of hydrazone groups is 1. The highest BCUT2D eigenvalue weighted by molar-refractivity contribution is 5.86. The SMILES string of the molecule is CCOc1ccc(/C=N/NC(=O)[C@H]2C[C@H]2c2ccc(C(C)(C)C)cc2)cc1OCC. The van der Waals surface area contributed by atoms with Gasteiger partial charge < -0.3 is 9.47 Å². The number of benzene rings is 2. The maximum atomic E-state index is 12.4. The molecule has 0 spiro atoms. The van der Waals surface area contributed by atoms with E-state index in [0.29, 0.717) is 24.7 Å². The molecule has 3 rings (SSSR count). The van der Waals surface area contributed by atoms with Crippen molar-refractivity contribution in [2.45, 2.75) is 52.4 Å². The fraction of sp³-hybridized carbons (Fsp3) is 0.440. The van der Waals surface area contributed by atoms with Gasteiger partial charge in [-0.05, 0) is 66.5 Å². The molecule has 1 aliphatic carbocycles. The molecule has 160 valence electrons. The molecule has 0 saturated heterocycles. The molecule has 1 saturated carbocycles. The van der Waals surface area contributed by atoms with Gasteiger partial charge >= 0.3 is 0 Å². The maximum Gasteiger partial charge on any atom is 0.243 e. The monoisotopic (exact) mass is 408 g/mol. The second-order valence-electron chi connectivity index (χ2n) is 8.63. The topological polar surface area (TPSA) is 59.9 Å². The highest BCUT2D eigenvalue weighted by atomic mass is 16.5. The van der Waals surface area contributed by atoms with E-state index < -0.39 is 0 Å². The van der Waals surface area contributed by atoms with E-state index in [4.69, 9.17) is 9.47 Å². The summed E-state index contributed by atoms with van der Waals surface area (Å²) in [4.78, 5) is 12.4. The molecule has 2 aromatic carbocycles. The Bertz CT molecular complexity index is 898. The zero-order valence-electron chi connectivity index (χ0n) is 18.6. The first-order valence-electron chi connectivity index (χ1n) is 10.7. The Balaban J connectivity index is 1.56. The summed E-state index contributed by atoms with van der Waals surface area (Å²) in [7, 11) is 0. The molecule has 0 aliphatic heterocycles. The van der Waals surface area contributed by atoms with Crippen LogP contribution in [0.5, 0.6) is 11.5 Å². The molecule has 1 amide bonds. The second-order valence-corrected chi connectivity index (χ2v) is 8.63. The van der Waals surface area contributed by atoms with Gasteiger partial charge in [0, 0.05) is 5.92 Å². The van der Waals surface area contributed by atoms with Crippen LogP contribution in [0.25, 0.3) is 0 Å². The number of carbonyl (C=O) groups excluding carboxylic acids is 1. The summed E-state index contributed by atoms with van der Waals surface area (Å²) in [6.45, 7) is 11.6. The summed E-state index contributed by atoms with van der Waals surface area (Å²) in [5.41, 5.74) is 6.18. The van der Waals surface area contributed by atoms with Crippen molar-refractivity contribution in [1.82, 2.24) is 5.43 Å². The van der Waals surface area contributed by atoms with Crippen molar-refractivity contribution >= 4 is 12.1 Å². The summed E-state index contributed by atoms with van der Waals surface area (Å²) >= 11 is 0. The van der Waals surface area contributed by atoms with Gasteiger partial charge in [0.25, 0.3) is 0 Å². The number of hydrogen-bond acceptors (Lipinski definition) is 4. The Kier molecular flexibility index (Phi) is 6.80. The molecule has 0 radical (unpaired) electrons. The van der Waals surface area contributed by atoms with Crippen LogP contribution in [0.1, 0.15) is 63.6 Å². The van der Waals surface area contributed by atoms with Gasteiger partial charge in [0.15, 0.2) is 11.5 Å². The smallest absolute Gasteiger partial charge is 0.243 e. The van der Waals surface area contributed by atoms with Crippen LogP contribution in [-0.4, -0.2) is 25.3 Å².